The lowest BCUT2D eigenvalue weighted by Crippen LogP contribution is -2.67. The van der Waals surface area contributed by atoms with E-state index in [0.717, 1.165) is 32.1 Å². The molecule has 44 heavy (non-hydrogen) atoms. The first-order valence-electron chi connectivity index (χ1n) is 16.4. The third-order valence-electron chi connectivity index (χ3n) is 13.1. The molecule has 4 aliphatic carbocycles. The number of carbonyl (C=O) groups excluding carboxylic acids is 6. The summed E-state index contributed by atoms with van der Waals surface area (Å²) in [6.07, 6.45) is 4.94. The van der Waals surface area contributed by atoms with Gasteiger partial charge in [0.25, 0.3) is 0 Å². The molecule has 4 aliphatic rings. The molecule has 0 radical (unpaired) electrons. The molecule has 0 heterocycles. The van der Waals surface area contributed by atoms with Gasteiger partial charge in [0, 0.05) is 37.5 Å². The van der Waals surface area contributed by atoms with Crippen molar-refractivity contribution in [2.24, 2.45) is 50.7 Å². The van der Waals surface area contributed by atoms with Crippen LogP contribution in [0.2, 0.25) is 0 Å². The minimum atomic E-state index is -1.79. The number of ether oxygens (including phenoxy) is 3. The van der Waals surface area contributed by atoms with E-state index in [1.807, 2.05) is 0 Å². The lowest BCUT2D eigenvalue weighted by molar-refractivity contribution is -0.237. The van der Waals surface area contributed by atoms with Crippen molar-refractivity contribution in [1.82, 2.24) is 0 Å². The molecule has 0 aromatic carbocycles. The van der Waals surface area contributed by atoms with Gasteiger partial charge in [-0.3, -0.25) is 28.8 Å². The topological polar surface area (TPSA) is 130 Å². The molecule has 0 aliphatic heterocycles. The summed E-state index contributed by atoms with van der Waals surface area (Å²) in [7, 11) is 0. The molecule has 0 amide bonds. The number of Topliss-reactive ketones (excluding diaryl/α,β-unsaturated/α-hetero) is 3. The highest BCUT2D eigenvalue weighted by atomic mass is 16.7. The SMILES string of the molecule is CC(=O)OCOC(=O)[C@@]1(CC(=O)C(=O)C(C)C)CC[C@]2(C)[C@H](CC[C@@H]3[C@@]4(C)CC[C@H](OC(C)=O)C(C)(C)[C@@H]4CC[C@]32C)C1=O. The van der Waals surface area contributed by atoms with Gasteiger partial charge in [0.1, 0.15) is 11.5 Å². The molecular weight excluding hydrogens is 564 g/mol. The van der Waals surface area contributed by atoms with Crippen LogP contribution in [0.15, 0.2) is 0 Å². The van der Waals surface area contributed by atoms with Crippen molar-refractivity contribution in [3.05, 3.63) is 0 Å². The van der Waals surface area contributed by atoms with Crippen molar-refractivity contribution in [3.63, 3.8) is 0 Å². The standard InChI is InChI=1S/C35H52O9/c1-20(2)28(39)24(38)18-35(30(41)43-19-42-21(3)36)17-16-33(8)23(29(35)40)10-11-26-32(7)14-13-27(44-22(4)37)31(5,6)25(32)12-15-34(26,33)9/h20,23,25-27H,10-19H2,1-9H3/t23-,25+,26-,27+,32+,33-,34-,35-/m1/s1. The van der Waals surface area contributed by atoms with Crippen LogP contribution in [-0.4, -0.2) is 48.2 Å². The predicted octanol–water partition coefficient (Wildman–Crippen LogP) is 5.79. The van der Waals surface area contributed by atoms with E-state index in [2.05, 4.69) is 34.6 Å². The Morgan fingerprint density at radius 2 is 1.43 bits per heavy atom. The normalized spacial score (nSPS) is 39.3. The third kappa shape index (κ3) is 5.24. The zero-order valence-corrected chi connectivity index (χ0v) is 28.1. The van der Waals surface area contributed by atoms with Crippen molar-refractivity contribution < 1.29 is 43.0 Å². The van der Waals surface area contributed by atoms with Crippen molar-refractivity contribution in [1.29, 1.82) is 0 Å². The minimum absolute atomic E-state index is 0.0126. The van der Waals surface area contributed by atoms with E-state index < -0.39 is 59.4 Å². The molecule has 4 saturated carbocycles. The number of fused-ring (bicyclic) bond motifs is 5. The van der Waals surface area contributed by atoms with Crippen LogP contribution in [0.1, 0.15) is 120 Å². The molecule has 0 bridgehead atoms. The van der Waals surface area contributed by atoms with Crippen LogP contribution < -0.4 is 0 Å². The highest BCUT2D eigenvalue weighted by Crippen LogP contribution is 2.74. The molecule has 8 atom stereocenters. The first-order chi connectivity index (χ1) is 20.3. The maximum Gasteiger partial charge on any atom is 0.322 e. The van der Waals surface area contributed by atoms with Gasteiger partial charge in [-0.2, -0.15) is 0 Å². The molecular formula is C35H52O9. The van der Waals surface area contributed by atoms with Crippen LogP contribution >= 0.6 is 0 Å². The molecule has 0 aromatic heterocycles. The zero-order chi connectivity index (χ0) is 33.0. The summed E-state index contributed by atoms with van der Waals surface area (Å²) >= 11 is 0. The van der Waals surface area contributed by atoms with Crippen LogP contribution in [0.3, 0.4) is 0 Å². The van der Waals surface area contributed by atoms with Crippen molar-refractivity contribution in [3.8, 4) is 0 Å². The van der Waals surface area contributed by atoms with Gasteiger partial charge in [0.2, 0.25) is 12.6 Å². The van der Waals surface area contributed by atoms with Gasteiger partial charge in [-0.05, 0) is 79.4 Å². The second-order valence-electron chi connectivity index (χ2n) is 15.8. The summed E-state index contributed by atoms with van der Waals surface area (Å²) in [5.74, 6) is -3.84. The third-order valence-corrected chi connectivity index (χ3v) is 13.1. The predicted molar refractivity (Wildman–Crippen MR) is 161 cm³/mol. The van der Waals surface area contributed by atoms with Gasteiger partial charge >= 0.3 is 17.9 Å². The molecule has 0 N–H and O–H groups in total. The largest absolute Gasteiger partial charge is 0.462 e. The summed E-state index contributed by atoms with van der Waals surface area (Å²) in [5, 5.41) is 0. The summed E-state index contributed by atoms with van der Waals surface area (Å²) in [5.41, 5.74) is -2.62. The van der Waals surface area contributed by atoms with E-state index in [0.29, 0.717) is 24.7 Å². The summed E-state index contributed by atoms with van der Waals surface area (Å²) in [6.45, 7) is 16.6. The van der Waals surface area contributed by atoms with Gasteiger partial charge in [-0.25, -0.2) is 0 Å². The average Bonchev–Trinajstić information content (AvgIpc) is 2.91. The Bertz CT molecular complexity index is 1230. The van der Waals surface area contributed by atoms with Crippen LogP contribution in [0.5, 0.6) is 0 Å². The summed E-state index contributed by atoms with van der Waals surface area (Å²) in [4.78, 5) is 77.4. The molecule has 0 saturated heterocycles. The fraction of sp³-hybridized carbons (Fsp3) is 0.829. The van der Waals surface area contributed by atoms with Crippen molar-refractivity contribution >= 4 is 35.3 Å². The molecule has 4 fully saturated rings. The number of rotatable bonds is 8. The Labute approximate surface area is 261 Å². The average molecular weight is 617 g/mol. The van der Waals surface area contributed by atoms with E-state index in [1.165, 1.54) is 13.8 Å². The lowest BCUT2D eigenvalue weighted by Gasteiger charge is -2.71. The molecule has 4 rings (SSSR count). The number of hydrogen-bond donors (Lipinski definition) is 0. The van der Waals surface area contributed by atoms with Gasteiger partial charge in [0.15, 0.2) is 11.6 Å². The fourth-order valence-electron chi connectivity index (χ4n) is 10.6. The molecule has 9 nitrogen and oxygen atoms in total. The van der Waals surface area contributed by atoms with Crippen LogP contribution in [0.25, 0.3) is 0 Å². The smallest absolute Gasteiger partial charge is 0.322 e. The Kier molecular flexibility index (Phi) is 9.08. The minimum Gasteiger partial charge on any atom is -0.462 e. The number of carbonyl (C=O) groups is 6. The van der Waals surface area contributed by atoms with Crippen LogP contribution in [-0.2, 0) is 43.0 Å². The first-order valence-corrected chi connectivity index (χ1v) is 16.4. The van der Waals surface area contributed by atoms with E-state index >= 15 is 0 Å². The summed E-state index contributed by atoms with van der Waals surface area (Å²) in [6, 6.07) is 0. The van der Waals surface area contributed by atoms with Crippen molar-refractivity contribution in [2.75, 3.05) is 6.79 Å². The molecule has 9 heteroatoms. The number of hydrogen-bond acceptors (Lipinski definition) is 9. The van der Waals surface area contributed by atoms with E-state index in [-0.39, 0.29) is 40.5 Å². The second-order valence-corrected chi connectivity index (χ2v) is 15.8. The van der Waals surface area contributed by atoms with Gasteiger partial charge in [-0.15, -0.1) is 0 Å². The van der Waals surface area contributed by atoms with E-state index in [4.69, 9.17) is 14.2 Å². The molecule has 0 unspecified atom stereocenters. The Balaban J connectivity index is 1.67. The van der Waals surface area contributed by atoms with Gasteiger partial charge in [-0.1, -0.05) is 48.5 Å². The molecule has 0 spiro atoms. The van der Waals surface area contributed by atoms with Crippen LogP contribution in [0.4, 0.5) is 0 Å². The Morgan fingerprint density at radius 3 is 2.02 bits per heavy atom. The Hall–Kier alpha value is -2.58. The highest BCUT2D eigenvalue weighted by Gasteiger charge is 2.71. The fourth-order valence-corrected chi connectivity index (χ4v) is 10.6. The molecule has 246 valence electrons. The second kappa shape index (κ2) is 11.7. The lowest BCUT2D eigenvalue weighted by atomic mass is 9.33. The highest BCUT2D eigenvalue weighted by molar-refractivity contribution is 6.39. The Morgan fingerprint density at radius 1 is 0.773 bits per heavy atom. The number of esters is 3. The van der Waals surface area contributed by atoms with Gasteiger partial charge < -0.3 is 14.2 Å². The van der Waals surface area contributed by atoms with E-state index in [9.17, 15) is 28.8 Å². The summed E-state index contributed by atoms with van der Waals surface area (Å²) < 4.78 is 15.9. The van der Waals surface area contributed by atoms with E-state index in [1.54, 1.807) is 13.8 Å². The maximum absolute atomic E-state index is 14.7. The van der Waals surface area contributed by atoms with Crippen molar-refractivity contribution in [2.45, 2.75) is 126 Å². The maximum atomic E-state index is 14.7. The monoisotopic (exact) mass is 616 g/mol. The van der Waals surface area contributed by atoms with Crippen LogP contribution in [0, 0.1) is 50.7 Å². The quantitative estimate of drug-likeness (QED) is 0.144. The number of ketones is 3. The first kappa shape index (κ1) is 34.3. The molecule has 0 aromatic rings. The zero-order valence-electron chi connectivity index (χ0n) is 28.1. The van der Waals surface area contributed by atoms with Gasteiger partial charge in [0.05, 0.1) is 0 Å².